The van der Waals surface area contributed by atoms with Crippen LogP contribution in [0.3, 0.4) is 0 Å². The molecule has 4 N–H and O–H groups in total. The van der Waals surface area contributed by atoms with Crippen LogP contribution in [0.5, 0.6) is 0 Å². The summed E-state index contributed by atoms with van der Waals surface area (Å²) in [5.74, 6) is -1.77. The molecule has 0 unspecified atom stereocenters. The molecule has 3 saturated heterocycles. The minimum absolute atomic E-state index is 0.0168. The van der Waals surface area contributed by atoms with E-state index in [0.29, 0.717) is 9.80 Å². The molecule has 3 aliphatic heterocycles. The number of nitrogens with two attached hydrogens (primary N) is 1. The summed E-state index contributed by atoms with van der Waals surface area (Å²) in [4.78, 5) is 149. The second-order valence-corrected chi connectivity index (χ2v) is 43.9. The molecule has 3 aromatic rings. The van der Waals surface area contributed by atoms with E-state index in [4.69, 9.17) is 51.8 Å². The standard InChI is InChI=1S/C32H51FN3O11PS3.C21H33FN3O8PS3.C20H30FN3O6S/c1-19(2)26(37)49-16-14-43-48(42,44-15-17-50-27(38)20(3)4)45-18-22-21(5)24(33)25(51-22)35-13-12-23(34-28(35)39)36(29(40)46-31(6,7)8)30(41)47-32(9,10)11;1-12(2)19(27)35-9-7-31-34(30,32-8-10-36-20(28)13(3)4)33-11-14-17(26)16(22)18(37-14)25-6-5-15(23)24-21(25)29;1-11-12(10-25)31-15(14(11)21)23-9-8-13(22-16(23)26)24(17(27)29-19(2,3)4)18(28)30-20(5,6)7/h12-13,19-22,24-25H,14-18H2,1-11H3;5-6,12-14,16-18,26H,7-11H2,1-4H3,(H2,23,24,29);8-9,11-12,14-15,25H,10H2,1-7H3/t21-,22-,24+,25-;14-,16+,17-,18-;11-,12-,14+,15-/m111/s1. The molecule has 0 aliphatic carbocycles. The summed E-state index contributed by atoms with van der Waals surface area (Å²) in [6, 6.07) is 3.79. The summed E-state index contributed by atoms with van der Waals surface area (Å²) in [5.41, 5.74) is -0.884. The number of anilines is 3. The predicted octanol–water partition coefficient (Wildman–Crippen LogP) is 14.1. The quantitative estimate of drug-likeness (QED) is 0.0297. The van der Waals surface area contributed by atoms with Crippen molar-refractivity contribution < 1.29 is 117 Å². The number of phosphoric ester groups is 2. The molecule has 0 saturated carbocycles. The fourth-order valence-corrected chi connectivity index (χ4v) is 20.2. The van der Waals surface area contributed by atoms with Crippen LogP contribution >= 0.6 is 98.0 Å². The fraction of sp³-hybridized carbons (Fsp3) is 0.726. The zero-order valence-electron chi connectivity index (χ0n) is 70.8. The zero-order chi connectivity index (χ0) is 90.4. The smallest absolute Gasteiger partial charge is 0.443 e. The highest BCUT2D eigenvalue weighted by molar-refractivity contribution is 8.14. The van der Waals surface area contributed by atoms with Crippen molar-refractivity contribution in [2.24, 2.45) is 35.5 Å². The van der Waals surface area contributed by atoms with Gasteiger partial charge < -0.3 is 34.9 Å². The zero-order valence-corrected chi connectivity index (χ0v) is 78.3. The second-order valence-electron chi connectivity index (χ2n) is 32.1. The molecule has 34 nitrogen and oxygen atoms in total. The molecule has 3 aromatic heterocycles. The molecular formula is C73H114F3N9O25P2S7. The molecule has 46 heteroatoms. The molecule has 3 aliphatic rings. The Hall–Kier alpha value is -5.02. The van der Waals surface area contributed by atoms with Crippen molar-refractivity contribution in [1.82, 2.24) is 28.7 Å². The van der Waals surface area contributed by atoms with E-state index in [2.05, 4.69) is 15.0 Å². The van der Waals surface area contributed by atoms with Gasteiger partial charge in [-0.2, -0.15) is 24.8 Å². The molecule has 0 spiro atoms. The lowest BCUT2D eigenvalue weighted by Gasteiger charge is -2.28. The third-order valence-electron chi connectivity index (χ3n) is 15.9. The van der Waals surface area contributed by atoms with Crippen LogP contribution in [0.2, 0.25) is 0 Å². The number of halogens is 3. The van der Waals surface area contributed by atoms with Gasteiger partial charge in [0.15, 0.2) is 38.3 Å². The van der Waals surface area contributed by atoms with E-state index in [1.165, 1.54) is 36.8 Å². The molecule has 4 amide bonds. The van der Waals surface area contributed by atoms with Gasteiger partial charge in [-0.3, -0.25) is 60.0 Å². The first-order chi connectivity index (χ1) is 54.9. The molecule has 0 aromatic carbocycles. The monoisotopic (exact) mass is 1860 g/mol. The first kappa shape index (κ1) is 106. The van der Waals surface area contributed by atoms with Gasteiger partial charge in [0, 0.05) is 87.6 Å². The van der Waals surface area contributed by atoms with Gasteiger partial charge >= 0.3 is 57.1 Å². The van der Waals surface area contributed by atoms with Crippen LogP contribution in [0.4, 0.5) is 49.8 Å². The Morgan fingerprint density at radius 1 is 0.462 bits per heavy atom. The molecule has 0 radical (unpaired) electrons. The number of aliphatic hydroxyl groups is 2. The summed E-state index contributed by atoms with van der Waals surface area (Å²) in [6.45, 7) is 35.3. The molecule has 6 heterocycles. The Bertz CT molecular complexity index is 4090. The van der Waals surface area contributed by atoms with Crippen molar-refractivity contribution in [3.05, 3.63) is 68.2 Å². The number of carbonyl (C=O) groups excluding carboxylic acids is 8. The third-order valence-corrected chi connectivity index (χ3v) is 28.2. The topological polar surface area (TPSA) is 441 Å². The maximum absolute atomic E-state index is 15.8. The summed E-state index contributed by atoms with van der Waals surface area (Å²) < 4.78 is 129. The highest BCUT2D eigenvalue weighted by Crippen LogP contribution is 2.55. The molecular weight excluding hydrogens is 1750 g/mol. The van der Waals surface area contributed by atoms with Crippen LogP contribution in [0, 0.1) is 35.5 Å². The van der Waals surface area contributed by atoms with Crippen LogP contribution < -0.4 is 32.6 Å². The van der Waals surface area contributed by atoms with Crippen LogP contribution in [0.1, 0.15) is 168 Å². The van der Waals surface area contributed by atoms with Gasteiger partial charge in [-0.15, -0.1) is 35.3 Å². The van der Waals surface area contributed by atoms with Gasteiger partial charge in [0.1, 0.15) is 62.8 Å². The number of aliphatic hydroxyl groups excluding tert-OH is 2. The van der Waals surface area contributed by atoms with E-state index < -0.39 is 149 Å². The van der Waals surface area contributed by atoms with Gasteiger partial charge in [-0.25, -0.2) is 55.9 Å². The maximum Gasteiger partial charge on any atom is 0.474 e. The summed E-state index contributed by atoms with van der Waals surface area (Å²) in [5, 5.41) is 14.6. The number of thioether (sulfide) groups is 7. The number of carbonyl (C=O) groups is 8. The Morgan fingerprint density at radius 2 is 0.731 bits per heavy atom. The second kappa shape index (κ2) is 47.3. The van der Waals surface area contributed by atoms with Crippen molar-refractivity contribution in [3.63, 3.8) is 0 Å². The highest BCUT2D eigenvalue weighted by Gasteiger charge is 2.49. The minimum atomic E-state index is -4.21. The minimum Gasteiger partial charge on any atom is -0.443 e. The number of nitrogens with zero attached hydrogens (tertiary/aromatic N) is 8. The first-order valence-corrected chi connectivity index (χ1v) is 47.6. The molecule has 12 atom stereocenters. The van der Waals surface area contributed by atoms with Crippen molar-refractivity contribution in [2.45, 2.75) is 231 Å². The van der Waals surface area contributed by atoms with E-state index in [1.807, 2.05) is 0 Å². The molecule has 6 rings (SSSR count). The van der Waals surface area contributed by atoms with E-state index >= 15 is 4.39 Å². The number of alkyl halides is 3. The number of rotatable bonds is 32. The molecule has 3 fully saturated rings. The molecule has 0 bridgehead atoms. The number of hydrogen-bond acceptors (Lipinski definition) is 36. The number of phosphoric acid groups is 2. The lowest BCUT2D eigenvalue weighted by molar-refractivity contribution is -0.114. The van der Waals surface area contributed by atoms with Crippen molar-refractivity contribution >= 4 is 160 Å². The summed E-state index contributed by atoms with van der Waals surface area (Å²) in [7, 11) is -8.40. The maximum atomic E-state index is 15.8. The number of aromatic nitrogens is 6. The van der Waals surface area contributed by atoms with Crippen LogP contribution in [-0.4, -0.2) is 216 Å². The third kappa shape index (κ3) is 34.8. The van der Waals surface area contributed by atoms with Gasteiger partial charge in [0.25, 0.3) is 0 Å². The first-order valence-electron chi connectivity index (χ1n) is 37.9. The molecule has 119 heavy (non-hydrogen) atoms. The number of amides is 4. The van der Waals surface area contributed by atoms with E-state index in [1.54, 1.807) is 152 Å². The van der Waals surface area contributed by atoms with E-state index in [9.17, 15) is 80.9 Å². The van der Waals surface area contributed by atoms with Crippen LogP contribution in [-0.2, 0) is 74.4 Å². The average molecular weight is 1860 g/mol. The number of hydrogen-bond donors (Lipinski definition) is 3. The normalized spacial score (nSPS) is 21.6. The Kier molecular flexibility index (Phi) is 42.3. The lowest BCUT2D eigenvalue weighted by Crippen LogP contribution is -2.45. The van der Waals surface area contributed by atoms with Gasteiger partial charge in [-0.05, 0) is 101 Å². The number of ether oxygens (including phenoxy) is 4. The van der Waals surface area contributed by atoms with Crippen LogP contribution in [0.15, 0.2) is 51.2 Å². The largest absolute Gasteiger partial charge is 0.474 e. The van der Waals surface area contributed by atoms with Crippen molar-refractivity contribution in [2.75, 3.05) is 84.8 Å². The van der Waals surface area contributed by atoms with Gasteiger partial charge in [0.05, 0.1) is 51.5 Å². The SMILES string of the molecule is CC(C)C(=O)SCCOP(=O)(OCCSC(=O)C(C)C)OC[C@H]1S[C@@H](n2ccc(N(C(=O)OC(C)(C)C)C(=O)OC(C)(C)C)nc2=O)[C@@H](F)[C@@H]1C.CC(C)C(=O)SCCOP(=O)(OCCSC(=O)C(C)C)OC[C@H]1S[C@@H](n2ccc(N)nc2=O)[C@@H](F)[C@@H]1O.C[C@H]1[C@H](F)[C@H](n2ccc(N(C(=O)OC(C)(C)C)C(=O)OC(C)(C)C)nc2=O)S[C@@H]1CO. The Balaban J connectivity index is 0.000000388. The van der Waals surface area contributed by atoms with Gasteiger partial charge in [-0.1, -0.05) is 116 Å². The fourth-order valence-electron chi connectivity index (χ4n) is 9.79. The van der Waals surface area contributed by atoms with E-state index in [0.717, 1.165) is 96.0 Å². The average Bonchev–Trinajstić information content (AvgIpc) is 1.67. The number of nitrogen functional groups attached to an aromatic ring is 1. The Labute approximate surface area is 721 Å². The highest BCUT2D eigenvalue weighted by atomic mass is 32.2. The van der Waals surface area contributed by atoms with E-state index in [-0.39, 0.29) is 129 Å². The van der Waals surface area contributed by atoms with Crippen molar-refractivity contribution in [1.29, 1.82) is 0 Å². The van der Waals surface area contributed by atoms with Gasteiger partial charge in [0.2, 0.25) is 0 Å². The predicted molar refractivity (Wildman–Crippen MR) is 457 cm³/mol. The van der Waals surface area contributed by atoms with Crippen LogP contribution in [0.25, 0.3) is 0 Å². The Morgan fingerprint density at radius 3 is 1.01 bits per heavy atom. The lowest BCUT2D eigenvalue weighted by atomic mass is 10.0. The summed E-state index contributed by atoms with van der Waals surface area (Å²) >= 11 is 7.18. The molecule has 674 valence electrons. The summed E-state index contributed by atoms with van der Waals surface area (Å²) in [6.07, 6.45) is -6.90. The number of imide groups is 2. The van der Waals surface area contributed by atoms with Crippen molar-refractivity contribution in [3.8, 4) is 0 Å².